The number of nitrogens with one attached hydrogen (secondary N) is 2. The molecule has 98 valence electrons. The van der Waals surface area contributed by atoms with Crippen molar-refractivity contribution >= 4 is 23.3 Å². The molecular formula is C13H10N6S. The fourth-order valence-electron chi connectivity index (χ4n) is 2.10. The molecule has 4 rings (SSSR count). The first-order chi connectivity index (χ1) is 9.88. The highest BCUT2D eigenvalue weighted by Gasteiger charge is 2.17. The van der Waals surface area contributed by atoms with Gasteiger partial charge in [-0.25, -0.2) is 15.0 Å². The minimum Gasteiger partial charge on any atom is -0.337 e. The summed E-state index contributed by atoms with van der Waals surface area (Å²) in [6.45, 7) is 0. The molecule has 2 aromatic heterocycles. The van der Waals surface area contributed by atoms with Gasteiger partial charge < -0.3 is 5.32 Å². The molecule has 1 aromatic carbocycles. The van der Waals surface area contributed by atoms with Gasteiger partial charge in [0.15, 0.2) is 5.82 Å². The summed E-state index contributed by atoms with van der Waals surface area (Å²) in [6, 6.07) is 6.30. The van der Waals surface area contributed by atoms with Crippen LogP contribution in [0.15, 0.2) is 46.8 Å². The number of H-pyrrole nitrogens is 1. The molecule has 0 aliphatic carbocycles. The zero-order chi connectivity index (χ0) is 13.4. The van der Waals surface area contributed by atoms with E-state index in [2.05, 4.69) is 48.7 Å². The number of hydrogen-bond donors (Lipinski definition) is 2. The van der Waals surface area contributed by atoms with Crippen LogP contribution >= 0.6 is 11.8 Å². The van der Waals surface area contributed by atoms with Crippen LogP contribution in [0.5, 0.6) is 0 Å². The van der Waals surface area contributed by atoms with Crippen LogP contribution in [-0.2, 0) is 6.42 Å². The summed E-state index contributed by atoms with van der Waals surface area (Å²) < 4.78 is 0. The van der Waals surface area contributed by atoms with Gasteiger partial charge in [0.2, 0.25) is 0 Å². The van der Waals surface area contributed by atoms with E-state index in [0.29, 0.717) is 0 Å². The Balaban J connectivity index is 1.66. The van der Waals surface area contributed by atoms with Crippen molar-refractivity contribution < 1.29 is 0 Å². The summed E-state index contributed by atoms with van der Waals surface area (Å²) in [5, 5.41) is 11.0. The number of hydrogen-bond acceptors (Lipinski definition) is 6. The van der Waals surface area contributed by atoms with Crippen molar-refractivity contribution in [3.05, 3.63) is 48.3 Å². The van der Waals surface area contributed by atoms with E-state index < -0.39 is 0 Å². The summed E-state index contributed by atoms with van der Waals surface area (Å²) in [4.78, 5) is 13.9. The number of rotatable bonds is 2. The van der Waals surface area contributed by atoms with E-state index in [1.54, 1.807) is 24.2 Å². The smallest absolute Gasteiger partial charge is 0.163 e. The molecule has 0 atom stereocenters. The Labute approximate surface area is 119 Å². The lowest BCUT2D eigenvalue weighted by Crippen LogP contribution is -2.04. The molecule has 0 unspecified atom stereocenters. The van der Waals surface area contributed by atoms with Crippen LogP contribution in [0, 0.1) is 0 Å². The van der Waals surface area contributed by atoms with Gasteiger partial charge in [-0.15, -0.1) is 0 Å². The van der Waals surface area contributed by atoms with E-state index >= 15 is 0 Å². The number of aromatic nitrogens is 5. The minimum absolute atomic E-state index is 0.729. The Morgan fingerprint density at radius 2 is 2.05 bits per heavy atom. The van der Waals surface area contributed by atoms with E-state index in [-0.39, 0.29) is 0 Å². The molecule has 0 amide bonds. The fraction of sp³-hybridized carbons (Fsp3) is 0.0769. The maximum Gasteiger partial charge on any atom is 0.163 e. The average Bonchev–Trinajstić information content (AvgIpc) is 2.98. The molecule has 20 heavy (non-hydrogen) atoms. The van der Waals surface area contributed by atoms with Gasteiger partial charge in [0, 0.05) is 23.7 Å². The summed E-state index contributed by atoms with van der Waals surface area (Å²) in [6.07, 6.45) is 5.65. The molecule has 0 radical (unpaired) electrons. The van der Waals surface area contributed by atoms with E-state index in [1.807, 2.05) is 0 Å². The number of benzene rings is 1. The first-order valence-corrected chi connectivity index (χ1v) is 6.93. The van der Waals surface area contributed by atoms with Crippen molar-refractivity contribution in [2.24, 2.45) is 0 Å². The summed E-state index contributed by atoms with van der Waals surface area (Å²) >= 11 is 1.63. The van der Waals surface area contributed by atoms with Gasteiger partial charge >= 0.3 is 0 Å². The number of nitrogens with zero attached hydrogens (tertiary/aromatic N) is 4. The normalized spacial score (nSPS) is 12.4. The summed E-state index contributed by atoms with van der Waals surface area (Å²) in [5.41, 5.74) is 2.22. The highest BCUT2D eigenvalue weighted by atomic mass is 32.2. The predicted octanol–water partition coefficient (Wildman–Crippen LogP) is 2.39. The molecule has 0 fully saturated rings. The maximum absolute atomic E-state index is 4.32. The van der Waals surface area contributed by atoms with Gasteiger partial charge in [-0.1, -0.05) is 17.8 Å². The molecule has 3 aromatic rings. The highest BCUT2D eigenvalue weighted by molar-refractivity contribution is 7.99. The molecule has 0 bridgehead atoms. The van der Waals surface area contributed by atoms with Gasteiger partial charge in [0.05, 0.1) is 5.69 Å². The van der Waals surface area contributed by atoms with Gasteiger partial charge in [-0.2, -0.15) is 5.10 Å². The van der Waals surface area contributed by atoms with Crippen molar-refractivity contribution in [2.75, 3.05) is 5.32 Å². The highest BCUT2D eigenvalue weighted by Crippen LogP contribution is 2.42. The largest absolute Gasteiger partial charge is 0.337 e. The fourth-order valence-corrected chi connectivity index (χ4v) is 2.98. The standard InChI is InChI=1S/C13H10N6S/c1-2-10-9(5-8(1)6-11-16-7-17-19-11)18-12-13(20-10)15-4-3-14-12/h1-5,7H,6H2,(H,14,18)(H,16,17,19). The number of anilines is 2. The number of aromatic amines is 1. The van der Waals surface area contributed by atoms with E-state index in [9.17, 15) is 0 Å². The van der Waals surface area contributed by atoms with Crippen LogP contribution < -0.4 is 5.32 Å². The van der Waals surface area contributed by atoms with Gasteiger partial charge in [0.25, 0.3) is 0 Å². The van der Waals surface area contributed by atoms with E-state index in [0.717, 1.165) is 33.7 Å². The Morgan fingerprint density at radius 3 is 2.95 bits per heavy atom. The lowest BCUT2D eigenvalue weighted by molar-refractivity contribution is 0.970. The zero-order valence-corrected chi connectivity index (χ0v) is 11.2. The van der Waals surface area contributed by atoms with Crippen LogP contribution in [0.25, 0.3) is 0 Å². The van der Waals surface area contributed by atoms with Crippen molar-refractivity contribution in [1.82, 2.24) is 25.1 Å². The van der Waals surface area contributed by atoms with Gasteiger partial charge in [-0.05, 0) is 17.7 Å². The molecule has 0 saturated carbocycles. The van der Waals surface area contributed by atoms with Crippen LogP contribution in [0.4, 0.5) is 11.5 Å². The molecule has 0 spiro atoms. The summed E-state index contributed by atoms with van der Waals surface area (Å²) in [5.74, 6) is 1.66. The minimum atomic E-state index is 0.729. The maximum atomic E-state index is 4.32. The second-order valence-corrected chi connectivity index (χ2v) is 5.41. The Bertz CT molecular complexity index is 755. The molecule has 0 saturated heterocycles. The topological polar surface area (TPSA) is 79.4 Å². The molecule has 1 aliphatic rings. The van der Waals surface area contributed by atoms with Gasteiger partial charge in [0.1, 0.15) is 17.2 Å². The Morgan fingerprint density at radius 1 is 1.10 bits per heavy atom. The van der Waals surface area contributed by atoms with Crippen LogP contribution in [0.3, 0.4) is 0 Å². The quantitative estimate of drug-likeness (QED) is 0.587. The molecule has 1 aliphatic heterocycles. The molecule has 6 nitrogen and oxygen atoms in total. The van der Waals surface area contributed by atoms with Crippen molar-refractivity contribution in [2.45, 2.75) is 16.3 Å². The first kappa shape index (κ1) is 11.4. The van der Waals surface area contributed by atoms with Crippen molar-refractivity contribution in [3.63, 3.8) is 0 Å². The van der Waals surface area contributed by atoms with Crippen molar-refractivity contribution in [1.29, 1.82) is 0 Å². The zero-order valence-electron chi connectivity index (χ0n) is 10.4. The predicted molar refractivity (Wildman–Crippen MR) is 75.1 cm³/mol. The monoisotopic (exact) mass is 282 g/mol. The van der Waals surface area contributed by atoms with Crippen LogP contribution in [-0.4, -0.2) is 25.1 Å². The third-order valence-electron chi connectivity index (χ3n) is 3.00. The molecule has 2 N–H and O–H groups in total. The second-order valence-electron chi connectivity index (χ2n) is 4.38. The lowest BCUT2D eigenvalue weighted by atomic mass is 10.1. The Hall–Kier alpha value is -2.41. The van der Waals surface area contributed by atoms with Crippen LogP contribution in [0.1, 0.15) is 11.4 Å². The van der Waals surface area contributed by atoms with E-state index in [1.165, 1.54) is 11.9 Å². The van der Waals surface area contributed by atoms with E-state index in [4.69, 9.17) is 0 Å². The third-order valence-corrected chi connectivity index (χ3v) is 4.07. The average molecular weight is 282 g/mol. The van der Waals surface area contributed by atoms with Crippen molar-refractivity contribution in [3.8, 4) is 0 Å². The first-order valence-electron chi connectivity index (χ1n) is 6.11. The third kappa shape index (κ3) is 2.01. The molecular weight excluding hydrogens is 272 g/mol. The van der Waals surface area contributed by atoms with Gasteiger partial charge in [-0.3, -0.25) is 5.10 Å². The molecule has 7 heteroatoms. The summed E-state index contributed by atoms with van der Waals surface area (Å²) in [7, 11) is 0. The van der Waals surface area contributed by atoms with Crippen LogP contribution in [0.2, 0.25) is 0 Å². The number of fused-ring (bicyclic) bond motifs is 2. The SMILES string of the molecule is c1n[nH]c(Cc2ccc3c(c2)Nc2nccnc2S3)n1. The Kier molecular flexibility index (Phi) is 2.63. The second kappa shape index (κ2) is 4.61. The molecule has 3 heterocycles. The lowest BCUT2D eigenvalue weighted by Gasteiger charge is -2.19.